The van der Waals surface area contributed by atoms with Crippen LogP contribution in [0.1, 0.15) is 33.5 Å². The summed E-state index contributed by atoms with van der Waals surface area (Å²) >= 11 is 0. The summed E-state index contributed by atoms with van der Waals surface area (Å²) in [7, 11) is 1.72. The van der Waals surface area contributed by atoms with Crippen molar-refractivity contribution in [1.82, 2.24) is 10.2 Å². The molecular weight excluding hydrogens is 562 g/mol. The first kappa shape index (κ1) is 30.4. The van der Waals surface area contributed by atoms with Crippen molar-refractivity contribution in [3.05, 3.63) is 131 Å². The second kappa shape index (κ2) is 14.9. The minimum Gasteiger partial charge on any atom is -0.495 e. The van der Waals surface area contributed by atoms with Gasteiger partial charge < -0.3 is 24.4 Å². The van der Waals surface area contributed by atoms with Crippen LogP contribution >= 0.6 is 0 Å². The molecule has 0 saturated carbocycles. The van der Waals surface area contributed by atoms with Gasteiger partial charge >= 0.3 is 0 Å². The number of carbonyl (C=O) groups is 1. The maximum atomic E-state index is 13.4. The first-order valence-electron chi connectivity index (χ1n) is 15.8. The lowest BCUT2D eigenvalue weighted by Crippen LogP contribution is -2.47. The summed E-state index contributed by atoms with van der Waals surface area (Å²) in [6, 6.07) is 34.3. The van der Waals surface area contributed by atoms with Crippen LogP contribution in [0.5, 0.6) is 11.5 Å². The summed E-state index contributed by atoms with van der Waals surface area (Å²) in [6.45, 7) is 6.40. The molecule has 0 atom stereocenters. The topological polar surface area (TPSA) is 63.3 Å². The molecule has 6 rings (SSSR count). The summed E-state index contributed by atoms with van der Waals surface area (Å²) in [5.41, 5.74) is 5.88. The Kier molecular flexibility index (Phi) is 10.1. The smallest absolute Gasteiger partial charge is 0.255 e. The van der Waals surface area contributed by atoms with Gasteiger partial charge in [-0.15, -0.1) is 0 Å². The van der Waals surface area contributed by atoms with E-state index in [0.717, 1.165) is 78.6 Å². The molecule has 1 amide bonds. The van der Waals surface area contributed by atoms with Crippen LogP contribution in [0, 0.1) is 0 Å². The van der Waals surface area contributed by atoms with Crippen molar-refractivity contribution >= 4 is 17.4 Å². The zero-order chi connectivity index (χ0) is 30.8. The number of piperazine rings is 1. The fourth-order valence-electron chi connectivity index (χ4n) is 6.05. The zero-order valence-electron chi connectivity index (χ0n) is 25.9. The number of rotatable bonds is 12. The van der Waals surface area contributed by atoms with Crippen LogP contribution in [-0.2, 0) is 17.8 Å². The molecule has 0 aliphatic carbocycles. The highest BCUT2D eigenvalue weighted by atomic mass is 16.5. The molecule has 0 unspecified atom stereocenters. The third-order valence-corrected chi connectivity index (χ3v) is 8.43. The molecule has 0 bridgehead atoms. The molecule has 1 N–H and O–H groups in total. The van der Waals surface area contributed by atoms with Gasteiger partial charge in [-0.05, 0) is 42.3 Å². The van der Waals surface area contributed by atoms with E-state index >= 15 is 0 Å². The quantitative estimate of drug-likeness (QED) is 0.195. The lowest BCUT2D eigenvalue weighted by Gasteiger charge is -2.36. The van der Waals surface area contributed by atoms with E-state index < -0.39 is 0 Å². The van der Waals surface area contributed by atoms with Crippen LogP contribution in [0.15, 0.2) is 109 Å². The van der Waals surface area contributed by atoms with E-state index in [-0.39, 0.29) is 5.91 Å². The molecule has 0 radical (unpaired) electrons. The van der Waals surface area contributed by atoms with Gasteiger partial charge in [0, 0.05) is 50.3 Å². The van der Waals surface area contributed by atoms with E-state index in [1.165, 1.54) is 0 Å². The van der Waals surface area contributed by atoms with Crippen LogP contribution in [0.4, 0.5) is 5.69 Å². The zero-order valence-corrected chi connectivity index (χ0v) is 25.9. The number of ether oxygens (including phenoxy) is 3. The van der Waals surface area contributed by atoms with Gasteiger partial charge in [0.1, 0.15) is 17.3 Å². The fourth-order valence-corrected chi connectivity index (χ4v) is 6.05. The van der Waals surface area contributed by atoms with Gasteiger partial charge in [-0.1, -0.05) is 84.9 Å². The van der Waals surface area contributed by atoms with Crippen molar-refractivity contribution in [2.45, 2.75) is 19.4 Å². The number of methoxy groups -OCH3 is 1. The third kappa shape index (κ3) is 7.56. The van der Waals surface area contributed by atoms with Gasteiger partial charge in [0.2, 0.25) is 0 Å². The largest absolute Gasteiger partial charge is 0.495 e. The average Bonchev–Trinajstić information content (AvgIpc) is 3.10. The molecule has 2 heterocycles. The molecule has 4 aromatic carbocycles. The summed E-state index contributed by atoms with van der Waals surface area (Å²) in [5.74, 6) is 2.21. The maximum Gasteiger partial charge on any atom is 0.255 e. The number of hydrogen-bond donors (Lipinski definition) is 1. The molecule has 7 nitrogen and oxygen atoms in total. The lowest BCUT2D eigenvalue weighted by molar-refractivity contribution is 0.0949. The molecular formula is C38H41N3O4. The van der Waals surface area contributed by atoms with E-state index in [0.29, 0.717) is 37.5 Å². The Labute approximate surface area is 266 Å². The second-order valence-corrected chi connectivity index (χ2v) is 11.5. The van der Waals surface area contributed by atoms with Crippen molar-refractivity contribution in [3.63, 3.8) is 0 Å². The van der Waals surface area contributed by atoms with Gasteiger partial charge in [0.15, 0.2) is 0 Å². The number of anilines is 1. The Hall–Kier alpha value is -4.59. The van der Waals surface area contributed by atoms with E-state index in [1.54, 1.807) is 7.11 Å². The third-order valence-electron chi connectivity index (χ3n) is 8.43. The molecule has 0 spiro atoms. The normalized spacial score (nSPS) is 14.9. The van der Waals surface area contributed by atoms with Crippen molar-refractivity contribution in [2.75, 3.05) is 57.9 Å². The maximum absolute atomic E-state index is 13.4. The van der Waals surface area contributed by atoms with Crippen molar-refractivity contribution in [1.29, 1.82) is 0 Å². The van der Waals surface area contributed by atoms with Gasteiger partial charge in [-0.3, -0.25) is 9.69 Å². The molecule has 2 aliphatic rings. The molecule has 4 aromatic rings. The van der Waals surface area contributed by atoms with Gasteiger partial charge in [-0.25, -0.2) is 0 Å². The van der Waals surface area contributed by atoms with Gasteiger partial charge in [0.05, 0.1) is 31.6 Å². The predicted octanol–water partition coefficient (Wildman–Crippen LogP) is 6.20. The van der Waals surface area contributed by atoms with Gasteiger partial charge in [-0.2, -0.15) is 0 Å². The van der Waals surface area contributed by atoms with E-state index in [4.69, 9.17) is 14.2 Å². The monoisotopic (exact) mass is 603 g/mol. The minimum absolute atomic E-state index is 0.107. The Bertz CT molecular complexity index is 1600. The van der Waals surface area contributed by atoms with E-state index in [2.05, 4.69) is 39.4 Å². The number of carbonyl (C=O) groups excluding carboxylic acids is 1. The Morgan fingerprint density at radius 1 is 0.822 bits per heavy atom. The van der Waals surface area contributed by atoms with Gasteiger partial charge in [0.25, 0.3) is 5.91 Å². The average molecular weight is 604 g/mol. The number of para-hydroxylation sites is 3. The highest BCUT2D eigenvalue weighted by molar-refractivity contribution is 5.98. The van der Waals surface area contributed by atoms with E-state index in [1.807, 2.05) is 78.9 Å². The fraction of sp³-hybridized carbons (Fsp3) is 0.289. The minimum atomic E-state index is -0.107. The summed E-state index contributed by atoms with van der Waals surface area (Å²) in [4.78, 5) is 18.3. The SMILES string of the molecule is COc1ccccc1N1CCN(CCCNC(=O)c2cccc3c2OC(c2ccccc2)=C(COCc2ccccc2)C3)CC1. The number of nitrogens with zero attached hydrogens (tertiary/aromatic N) is 2. The number of nitrogens with one attached hydrogen (secondary N) is 1. The van der Waals surface area contributed by atoms with Crippen molar-refractivity contribution in [2.24, 2.45) is 0 Å². The standard InChI is InChI=1S/C38H41N3O4/c1-43-35-19-9-8-18-34(35)41-24-22-40(23-25-41)21-11-20-39-38(42)33-17-10-16-31-26-32(28-44-27-29-12-4-2-5-13-29)36(45-37(31)33)30-14-6-3-7-15-30/h2-10,12-19H,11,20-28H2,1H3,(H,39,42). The number of hydrogen-bond acceptors (Lipinski definition) is 6. The predicted molar refractivity (Wildman–Crippen MR) is 179 cm³/mol. The number of fused-ring (bicyclic) bond motifs is 1. The molecule has 1 saturated heterocycles. The number of benzene rings is 4. The summed E-state index contributed by atoms with van der Waals surface area (Å²) < 4.78 is 18.2. The Morgan fingerprint density at radius 2 is 1.56 bits per heavy atom. The van der Waals surface area contributed by atoms with Crippen LogP contribution in [0.3, 0.4) is 0 Å². The van der Waals surface area contributed by atoms with Crippen LogP contribution in [-0.4, -0.2) is 63.8 Å². The van der Waals surface area contributed by atoms with Crippen LogP contribution in [0.2, 0.25) is 0 Å². The molecule has 2 aliphatic heterocycles. The van der Waals surface area contributed by atoms with Crippen LogP contribution < -0.4 is 19.7 Å². The van der Waals surface area contributed by atoms with Crippen molar-refractivity contribution < 1.29 is 19.0 Å². The molecule has 45 heavy (non-hydrogen) atoms. The Balaban J connectivity index is 1.04. The highest BCUT2D eigenvalue weighted by Crippen LogP contribution is 2.37. The highest BCUT2D eigenvalue weighted by Gasteiger charge is 2.26. The van der Waals surface area contributed by atoms with Crippen molar-refractivity contribution in [3.8, 4) is 11.5 Å². The van der Waals surface area contributed by atoms with Crippen LogP contribution in [0.25, 0.3) is 5.76 Å². The summed E-state index contributed by atoms with van der Waals surface area (Å²) in [5, 5.41) is 3.14. The lowest BCUT2D eigenvalue weighted by atomic mass is 9.95. The van der Waals surface area contributed by atoms with E-state index in [9.17, 15) is 4.79 Å². The first-order chi connectivity index (χ1) is 22.2. The first-order valence-corrected chi connectivity index (χ1v) is 15.8. The second-order valence-electron chi connectivity index (χ2n) is 11.5. The molecule has 1 fully saturated rings. The number of amides is 1. The molecule has 232 valence electrons. The molecule has 0 aromatic heterocycles. The Morgan fingerprint density at radius 3 is 2.33 bits per heavy atom. The molecule has 7 heteroatoms. The summed E-state index contributed by atoms with van der Waals surface area (Å²) in [6.07, 6.45) is 1.55.